The van der Waals surface area contributed by atoms with Gasteiger partial charge in [0.1, 0.15) is 12.5 Å². The highest BCUT2D eigenvalue weighted by atomic mass is 16.7. The lowest BCUT2D eigenvalue weighted by atomic mass is 10.0. The summed E-state index contributed by atoms with van der Waals surface area (Å²) in [5, 5.41) is 18.3. The van der Waals surface area contributed by atoms with Crippen LogP contribution in [0.4, 0.5) is 0 Å². The minimum atomic E-state index is -1.12. The average Bonchev–Trinajstić information content (AvgIpc) is 2.92. The number of carbonyl (C=O) groups excluding carboxylic acids is 4. The SMILES string of the molecule is CCC(C(=O)COCC(CCO)CCCO)C(=O)ON1C(=O)CCC1=O. The third kappa shape index (κ3) is 6.81. The molecule has 1 aliphatic rings. The molecule has 0 spiro atoms. The summed E-state index contributed by atoms with van der Waals surface area (Å²) in [6.07, 6.45) is 1.85. The minimum Gasteiger partial charge on any atom is -0.396 e. The van der Waals surface area contributed by atoms with Crippen molar-refractivity contribution >= 4 is 23.6 Å². The molecule has 148 valence electrons. The Morgan fingerprint density at radius 1 is 1.12 bits per heavy atom. The van der Waals surface area contributed by atoms with Crippen molar-refractivity contribution in [2.45, 2.75) is 45.4 Å². The van der Waals surface area contributed by atoms with Gasteiger partial charge in [-0.25, -0.2) is 4.79 Å². The van der Waals surface area contributed by atoms with Crippen LogP contribution in [0.3, 0.4) is 0 Å². The number of imide groups is 1. The Hall–Kier alpha value is -1.84. The number of aliphatic hydroxyl groups is 2. The second kappa shape index (κ2) is 11.7. The highest BCUT2D eigenvalue weighted by molar-refractivity contribution is 6.04. The van der Waals surface area contributed by atoms with Crippen LogP contribution in [-0.4, -0.2) is 65.3 Å². The van der Waals surface area contributed by atoms with Gasteiger partial charge in [0.2, 0.25) is 0 Å². The zero-order valence-corrected chi connectivity index (χ0v) is 15.0. The van der Waals surface area contributed by atoms with Gasteiger partial charge in [0.05, 0.1) is 6.61 Å². The van der Waals surface area contributed by atoms with E-state index in [2.05, 4.69) is 0 Å². The third-order valence-electron chi connectivity index (χ3n) is 4.17. The molecule has 0 aliphatic carbocycles. The lowest BCUT2D eigenvalue weighted by Gasteiger charge is -2.18. The van der Waals surface area contributed by atoms with E-state index in [1.54, 1.807) is 6.92 Å². The smallest absolute Gasteiger partial charge is 0.343 e. The number of amides is 2. The maximum absolute atomic E-state index is 12.2. The van der Waals surface area contributed by atoms with Gasteiger partial charge >= 0.3 is 5.97 Å². The Labute approximate surface area is 152 Å². The second-order valence-corrected chi connectivity index (χ2v) is 6.18. The first-order valence-electron chi connectivity index (χ1n) is 8.84. The molecule has 1 aliphatic heterocycles. The maximum Gasteiger partial charge on any atom is 0.343 e. The first-order valence-corrected chi connectivity index (χ1v) is 8.84. The van der Waals surface area contributed by atoms with E-state index in [4.69, 9.17) is 19.8 Å². The van der Waals surface area contributed by atoms with Crippen molar-refractivity contribution in [1.82, 2.24) is 5.06 Å². The summed E-state index contributed by atoms with van der Waals surface area (Å²) in [5.41, 5.74) is 0. The zero-order valence-electron chi connectivity index (χ0n) is 15.0. The van der Waals surface area contributed by atoms with Crippen molar-refractivity contribution in [2.75, 3.05) is 26.4 Å². The molecule has 9 nitrogen and oxygen atoms in total. The number of nitrogens with zero attached hydrogens (tertiary/aromatic N) is 1. The monoisotopic (exact) mass is 373 g/mol. The van der Waals surface area contributed by atoms with E-state index in [9.17, 15) is 19.2 Å². The summed E-state index contributed by atoms with van der Waals surface area (Å²) in [6, 6.07) is 0. The van der Waals surface area contributed by atoms with E-state index >= 15 is 0 Å². The minimum absolute atomic E-state index is 0.00632. The van der Waals surface area contributed by atoms with Crippen LogP contribution in [0.15, 0.2) is 0 Å². The van der Waals surface area contributed by atoms with Crippen LogP contribution in [0.25, 0.3) is 0 Å². The number of ketones is 1. The summed E-state index contributed by atoms with van der Waals surface area (Å²) in [4.78, 5) is 52.0. The van der Waals surface area contributed by atoms with E-state index in [-0.39, 0.29) is 51.6 Å². The Bertz CT molecular complexity index is 491. The highest BCUT2D eigenvalue weighted by Gasteiger charge is 2.36. The Morgan fingerprint density at radius 2 is 1.77 bits per heavy atom. The van der Waals surface area contributed by atoms with Crippen molar-refractivity contribution in [3.8, 4) is 0 Å². The molecule has 0 aromatic carbocycles. The van der Waals surface area contributed by atoms with Gasteiger partial charge in [-0.2, -0.15) is 0 Å². The molecule has 2 atom stereocenters. The van der Waals surface area contributed by atoms with Crippen LogP contribution in [0.2, 0.25) is 0 Å². The molecule has 26 heavy (non-hydrogen) atoms. The van der Waals surface area contributed by atoms with E-state index in [0.717, 1.165) is 0 Å². The molecular formula is C17H27NO8. The summed E-state index contributed by atoms with van der Waals surface area (Å²) in [7, 11) is 0. The first kappa shape index (κ1) is 22.2. The molecule has 0 bridgehead atoms. The van der Waals surface area contributed by atoms with E-state index in [1.807, 2.05) is 0 Å². The van der Waals surface area contributed by atoms with Crippen molar-refractivity contribution in [2.24, 2.45) is 11.8 Å². The topological polar surface area (TPSA) is 130 Å². The fourth-order valence-electron chi connectivity index (χ4n) is 2.64. The lowest BCUT2D eigenvalue weighted by molar-refractivity contribution is -0.201. The van der Waals surface area contributed by atoms with Gasteiger partial charge in [0, 0.05) is 26.1 Å². The molecule has 0 radical (unpaired) electrons. The number of ether oxygens (including phenoxy) is 1. The quantitative estimate of drug-likeness (QED) is 0.340. The zero-order chi connectivity index (χ0) is 19.5. The number of hydrogen-bond donors (Lipinski definition) is 2. The summed E-state index contributed by atoms with van der Waals surface area (Å²) >= 11 is 0. The number of Topliss-reactive ketones (excluding diaryl/α,β-unsaturated/α-hetero) is 1. The summed E-state index contributed by atoms with van der Waals surface area (Å²) < 4.78 is 5.35. The molecule has 0 aromatic rings. The van der Waals surface area contributed by atoms with Crippen LogP contribution in [0.5, 0.6) is 0 Å². The molecule has 1 saturated heterocycles. The van der Waals surface area contributed by atoms with Crippen LogP contribution < -0.4 is 0 Å². The Kier molecular flexibility index (Phi) is 10.0. The van der Waals surface area contributed by atoms with E-state index in [1.165, 1.54) is 0 Å². The normalized spacial score (nSPS) is 16.7. The Morgan fingerprint density at radius 3 is 2.31 bits per heavy atom. The molecule has 1 fully saturated rings. The molecule has 1 rings (SSSR count). The van der Waals surface area contributed by atoms with Gasteiger partial charge in [0.15, 0.2) is 5.78 Å². The number of hydrogen-bond acceptors (Lipinski definition) is 8. The van der Waals surface area contributed by atoms with E-state index in [0.29, 0.717) is 24.3 Å². The molecule has 2 N–H and O–H groups in total. The summed E-state index contributed by atoms with van der Waals surface area (Å²) in [6.45, 7) is 1.55. The number of rotatable bonds is 13. The first-order chi connectivity index (χ1) is 12.4. The van der Waals surface area contributed by atoms with Crippen molar-refractivity contribution < 1.29 is 39.0 Å². The van der Waals surface area contributed by atoms with E-state index < -0.39 is 29.5 Å². The van der Waals surface area contributed by atoms with Crippen LogP contribution >= 0.6 is 0 Å². The molecule has 2 amide bonds. The summed E-state index contributed by atoms with van der Waals surface area (Å²) in [5.74, 6) is -3.76. The average molecular weight is 373 g/mol. The molecular weight excluding hydrogens is 346 g/mol. The standard InChI is InChI=1S/C17H27NO8/c1-2-13(17(24)26-18-15(22)5-6-16(18)23)14(21)11-25-10-12(7-9-20)4-3-8-19/h12-13,19-20H,2-11H2,1H3. The lowest BCUT2D eigenvalue weighted by Crippen LogP contribution is -2.37. The van der Waals surface area contributed by atoms with Crippen molar-refractivity contribution in [1.29, 1.82) is 0 Å². The van der Waals surface area contributed by atoms with Gasteiger partial charge in [0.25, 0.3) is 11.8 Å². The molecule has 1 heterocycles. The van der Waals surface area contributed by atoms with Crippen LogP contribution in [-0.2, 0) is 28.8 Å². The third-order valence-corrected chi connectivity index (χ3v) is 4.17. The molecule has 2 unspecified atom stereocenters. The van der Waals surface area contributed by atoms with Gasteiger partial charge in [-0.3, -0.25) is 14.4 Å². The Balaban J connectivity index is 2.47. The van der Waals surface area contributed by atoms with Crippen LogP contribution in [0.1, 0.15) is 45.4 Å². The molecule has 0 saturated carbocycles. The van der Waals surface area contributed by atoms with Gasteiger partial charge in [-0.05, 0) is 31.6 Å². The predicted molar refractivity (Wildman–Crippen MR) is 88.3 cm³/mol. The number of aliphatic hydroxyl groups excluding tert-OH is 2. The highest BCUT2D eigenvalue weighted by Crippen LogP contribution is 2.16. The maximum atomic E-state index is 12.2. The predicted octanol–water partition coefficient (Wildman–Crippen LogP) is -0.0234. The van der Waals surface area contributed by atoms with Gasteiger partial charge in [-0.15, -0.1) is 5.06 Å². The fraction of sp³-hybridized carbons (Fsp3) is 0.765. The van der Waals surface area contributed by atoms with Gasteiger partial charge in [-0.1, -0.05) is 6.92 Å². The molecule has 0 aromatic heterocycles. The fourth-order valence-corrected chi connectivity index (χ4v) is 2.64. The second-order valence-electron chi connectivity index (χ2n) is 6.18. The molecule has 9 heteroatoms. The van der Waals surface area contributed by atoms with Crippen LogP contribution in [0, 0.1) is 11.8 Å². The number of carbonyl (C=O) groups is 4. The number of hydroxylamine groups is 2. The largest absolute Gasteiger partial charge is 0.396 e. The van der Waals surface area contributed by atoms with Gasteiger partial charge < -0.3 is 19.8 Å². The van der Waals surface area contributed by atoms with Crippen molar-refractivity contribution in [3.05, 3.63) is 0 Å². The van der Waals surface area contributed by atoms with Crippen molar-refractivity contribution in [3.63, 3.8) is 0 Å².